The molecular weight excluding hydrogens is 372 g/mol. The van der Waals surface area contributed by atoms with Crippen LogP contribution in [0.2, 0.25) is 0 Å². The first-order chi connectivity index (χ1) is 13.6. The molecule has 0 aromatic heterocycles. The van der Waals surface area contributed by atoms with Gasteiger partial charge >= 0.3 is 6.09 Å². The topological polar surface area (TPSA) is 92.0 Å². The summed E-state index contributed by atoms with van der Waals surface area (Å²) in [5.74, 6) is 0. The number of amides is 1. The fourth-order valence-electron chi connectivity index (χ4n) is 2.93. The molecule has 0 radical (unpaired) electrons. The maximum absolute atomic E-state index is 12.2. The highest BCUT2D eigenvalue weighted by molar-refractivity contribution is 5.67. The molecule has 1 heterocycles. The maximum atomic E-state index is 12.2. The molecular formula is C22H44N2O5. The number of carbonyl (C=O) groups excluding carboxylic acids is 1. The zero-order valence-electron chi connectivity index (χ0n) is 19.4. The van der Waals surface area contributed by atoms with Crippen LogP contribution >= 0.6 is 0 Å². The van der Waals surface area contributed by atoms with E-state index in [0.29, 0.717) is 33.0 Å². The molecule has 1 aliphatic heterocycles. The maximum Gasteiger partial charge on any atom is 0.407 e. The van der Waals surface area contributed by atoms with Crippen molar-refractivity contribution in [2.45, 2.75) is 97.5 Å². The van der Waals surface area contributed by atoms with Crippen LogP contribution in [0.5, 0.6) is 0 Å². The predicted molar refractivity (Wildman–Crippen MR) is 115 cm³/mol. The molecule has 0 bridgehead atoms. The van der Waals surface area contributed by atoms with Crippen LogP contribution in [0.1, 0.15) is 73.6 Å². The number of hydrogen-bond donors (Lipinski definition) is 2. The fourth-order valence-corrected chi connectivity index (χ4v) is 2.93. The summed E-state index contributed by atoms with van der Waals surface area (Å²) >= 11 is 0. The lowest BCUT2D eigenvalue weighted by Gasteiger charge is -2.46. The molecule has 1 fully saturated rings. The third kappa shape index (κ3) is 9.64. The molecule has 172 valence electrons. The SMILES string of the molecule is CCC(C)(C)OCC(COC1COC1C(C)(C)CC)NC(=O)OCCCCCN. The van der Waals surface area contributed by atoms with Gasteiger partial charge in [-0.2, -0.15) is 0 Å². The van der Waals surface area contributed by atoms with Crippen LogP contribution in [0.15, 0.2) is 0 Å². The largest absolute Gasteiger partial charge is 0.450 e. The lowest BCUT2D eigenvalue weighted by Crippen LogP contribution is -2.56. The van der Waals surface area contributed by atoms with Gasteiger partial charge in [-0.25, -0.2) is 4.79 Å². The minimum atomic E-state index is -0.431. The lowest BCUT2D eigenvalue weighted by atomic mass is 9.79. The second-order valence-corrected chi connectivity index (χ2v) is 9.22. The van der Waals surface area contributed by atoms with Crippen LogP contribution < -0.4 is 11.1 Å². The van der Waals surface area contributed by atoms with Gasteiger partial charge in [0.25, 0.3) is 0 Å². The number of carbonyl (C=O) groups is 1. The van der Waals surface area contributed by atoms with Crippen molar-refractivity contribution in [3.8, 4) is 0 Å². The molecule has 0 aromatic rings. The molecule has 3 atom stereocenters. The summed E-state index contributed by atoms with van der Waals surface area (Å²) in [6.45, 7) is 15.1. The molecule has 1 saturated heterocycles. The van der Waals surface area contributed by atoms with Crippen molar-refractivity contribution in [2.24, 2.45) is 11.1 Å². The Bertz CT molecular complexity index is 470. The molecule has 7 heteroatoms. The minimum Gasteiger partial charge on any atom is -0.450 e. The van der Waals surface area contributed by atoms with E-state index < -0.39 is 6.09 Å². The monoisotopic (exact) mass is 416 g/mol. The second kappa shape index (κ2) is 12.7. The van der Waals surface area contributed by atoms with Gasteiger partial charge in [-0.3, -0.25) is 0 Å². The Morgan fingerprint density at radius 1 is 1.14 bits per heavy atom. The molecule has 0 spiro atoms. The average Bonchev–Trinajstić information content (AvgIpc) is 2.64. The summed E-state index contributed by atoms with van der Waals surface area (Å²) in [6.07, 6.45) is 4.31. The van der Waals surface area contributed by atoms with E-state index in [4.69, 9.17) is 24.7 Å². The first kappa shape index (κ1) is 26.1. The van der Waals surface area contributed by atoms with Gasteiger partial charge in [-0.15, -0.1) is 0 Å². The van der Waals surface area contributed by atoms with Crippen molar-refractivity contribution in [3.63, 3.8) is 0 Å². The zero-order chi connectivity index (χ0) is 21.9. The number of nitrogens with two attached hydrogens (primary N) is 1. The van der Waals surface area contributed by atoms with Crippen LogP contribution in [0.4, 0.5) is 4.79 Å². The van der Waals surface area contributed by atoms with Crippen molar-refractivity contribution in [1.82, 2.24) is 5.32 Å². The molecule has 0 aliphatic carbocycles. The summed E-state index contributed by atoms with van der Waals surface area (Å²) in [7, 11) is 0. The highest BCUT2D eigenvalue weighted by atomic mass is 16.6. The van der Waals surface area contributed by atoms with Crippen LogP contribution in [-0.2, 0) is 18.9 Å². The number of ether oxygens (including phenoxy) is 4. The van der Waals surface area contributed by atoms with Gasteiger partial charge in [-0.05, 0) is 57.9 Å². The Hall–Kier alpha value is -0.890. The van der Waals surface area contributed by atoms with E-state index in [9.17, 15) is 4.79 Å². The Kier molecular flexibility index (Phi) is 11.5. The van der Waals surface area contributed by atoms with E-state index in [0.717, 1.165) is 32.1 Å². The molecule has 0 aromatic carbocycles. The number of unbranched alkanes of at least 4 members (excludes halogenated alkanes) is 2. The molecule has 3 unspecified atom stereocenters. The van der Waals surface area contributed by atoms with Crippen molar-refractivity contribution >= 4 is 6.09 Å². The first-order valence-electron chi connectivity index (χ1n) is 11.2. The third-order valence-electron chi connectivity index (χ3n) is 5.90. The fraction of sp³-hybridized carbons (Fsp3) is 0.955. The van der Waals surface area contributed by atoms with Gasteiger partial charge in [0, 0.05) is 0 Å². The number of hydrogen-bond acceptors (Lipinski definition) is 6. The summed E-state index contributed by atoms with van der Waals surface area (Å²) < 4.78 is 23.2. The van der Waals surface area contributed by atoms with Gasteiger partial charge in [0.05, 0.1) is 44.2 Å². The summed E-state index contributed by atoms with van der Waals surface area (Å²) in [4.78, 5) is 12.2. The molecule has 7 nitrogen and oxygen atoms in total. The normalized spacial score (nSPS) is 20.8. The second-order valence-electron chi connectivity index (χ2n) is 9.22. The average molecular weight is 417 g/mol. The Morgan fingerprint density at radius 2 is 1.86 bits per heavy atom. The Morgan fingerprint density at radius 3 is 2.41 bits per heavy atom. The quantitative estimate of drug-likeness (QED) is 0.396. The smallest absolute Gasteiger partial charge is 0.407 e. The van der Waals surface area contributed by atoms with E-state index in [2.05, 4.69) is 33.0 Å². The predicted octanol–water partition coefficient (Wildman–Crippen LogP) is 3.64. The van der Waals surface area contributed by atoms with Crippen LogP contribution in [0.3, 0.4) is 0 Å². The molecule has 29 heavy (non-hydrogen) atoms. The Labute approximate surface area is 177 Å². The first-order valence-corrected chi connectivity index (χ1v) is 11.2. The van der Waals surface area contributed by atoms with E-state index in [-0.39, 0.29) is 29.3 Å². The zero-order valence-corrected chi connectivity index (χ0v) is 19.4. The summed E-state index contributed by atoms with van der Waals surface area (Å²) in [5, 5.41) is 2.90. The van der Waals surface area contributed by atoms with Crippen LogP contribution in [0.25, 0.3) is 0 Å². The van der Waals surface area contributed by atoms with E-state index in [1.165, 1.54) is 0 Å². The number of rotatable bonds is 15. The van der Waals surface area contributed by atoms with Gasteiger partial charge in [0.1, 0.15) is 6.10 Å². The summed E-state index contributed by atoms with van der Waals surface area (Å²) in [5.41, 5.74) is 5.29. The van der Waals surface area contributed by atoms with Gasteiger partial charge in [-0.1, -0.05) is 27.7 Å². The van der Waals surface area contributed by atoms with Gasteiger partial charge in [0.2, 0.25) is 0 Å². The van der Waals surface area contributed by atoms with E-state index in [1.807, 2.05) is 13.8 Å². The van der Waals surface area contributed by atoms with Crippen molar-refractivity contribution in [2.75, 3.05) is 33.0 Å². The standard InChI is InChI=1S/C22H44N2O5/c1-7-21(3,4)19-18(16-28-19)27-14-17(15-29-22(5,6)8-2)24-20(25)26-13-11-9-10-12-23/h17-19H,7-16,23H2,1-6H3,(H,24,25). The van der Waals surface area contributed by atoms with Gasteiger partial charge < -0.3 is 30.0 Å². The molecule has 1 rings (SSSR count). The molecule has 3 N–H and O–H groups in total. The van der Waals surface area contributed by atoms with Crippen LogP contribution in [-0.4, -0.2) is 62.9 Å². The highest BCUT2D eigenvalue weighted by Crippen LogP contribution is 2.36. The molecule has 0 saturated carbocycles. The lowest BCUT2D eigenvalue weighted by molar-refractivity contribution is -0.229. The van der Waals surface area contributed by atoms with E-state index >= 15 is 0 Å². The summed E-state index contributed by atoms with van der Waals surface area (Å²) in [6, 6.07) is -0.275. The van der Waals surface area contributed by atoms with Crippen molar-refractivity contribution in [3.05, 3.63) is 0 Å². The number of alkyl carbamates (subject to hydrolysis) is 1. The highest BCUT2D eigenvalue weighted by Gasteiger charge is 2.43. The van der Waals surface area contributed by atoms with E-state index in [1.54, 1.807) is 0 Å². The minimum absolute atomic E-state index is 0.0423. The molecule has 1 amide bonds. The van der Waals surface area contributed by atoms with Crippen molar-refractivity contribution < 1.29 is 23.7 Å². The third-order valence-corrected chi connectivity index (χ3v) is 5.90. The van der Waals surface area contributed by atoms with Crippen LogP contribution in [0, 0.1) is 5.41 Å². The number of nitrogens with one attached hydrogen (secondary N) is 1. The van der Waals surface area contributed by atoms with Crippen molar-refractivity contribution in [1.29, 1.82) is 0 Å². The Balaban J connectivity index is 2.51. The van der Waals surface area contributed by atoms with Gasteiger partial charge in [0.15, 0.2) is 0 Å². The molecule has 1 aliphatic rings.